The van der Waals surface area contributed by atoms with Gasteiger partial charge in [-0.2, -0.15) is 30.7 Å². The van der Waals surface area contributed by atoms with Crippen molar-refractivity contribution in [2.45, 2.75) is 18.0 Å². The first-order valence-electron chi connectivity index (χ1n) is 6.53. The Labute approximate surface area is 143 Å². The van der Waals surface area contributed by atoms with E-state index in [1.807, 2.05) is 0 Å². The number of imide groups is 1. The predicted octanol–water partition coefficient (Wildman–Crippen LogP) is 3.63. The van der Waals surface area contributed by atoms with E-state index in [9.17, 15) is 40.3 Å². The number of alkyl halides is 7. The highest BCUT2D eigenvalue weighted by molar-refractivity contribution is 7.15. The number of carbonyl (C=O) groups excluding carboxylic acids is 2. The summed E-state index contributed by atoms with van der Waals surface area (Å²) in [6, 6.07) is 5.34. The lowest BCUT2D eigenvalue weighted by molar-refractivity contribution is -0.359. The second-order valence-corrected chi connectivity index (χ2v) is 5.98. The van der Waals surface area contributed by atoms with E-state index in [2.05, 4.69) is 10.2 Å². The van der Waals surface area contributed by atoms with E-state index < -0.39 is 51.3 Å². The number of nitrogens with zero attached hydrogens (tertiary/aromatic N) is 3. The van der Waals surface area contributed by atoms with Crippen LogP contribution in [0.4, 0.5) is 35.9 Å². The molecule has 0 N–H and O–H groups in total. The molecular weight excluding hydrogens is 395 g/mol. The maximum Gasteiger partial charge on any atom is 0.460 e. The molecule has 0 fully saturated rings. The molecule has 2 heterocycles. The summed E-state index contributed by atoms with van der Waals surface area (Å²) in [7, 11) is 0. The topological polar surface area (TPSA) is 63.2 Å². The first-order valence-corrected chi connectivity index (χ1v) is 7.35. The lowest BCUT2D eigenvalue weighted by atomic mass is 10.1. The average molecular weight is 399 g/mol. The molecule has 0 radical (unpaired) electrons. The van der Waals surface area contributed by atoms with Crippen LogP contribution in [0.3, 0.4) is 0 Å². The van der Waals surface area contributed by atoms with Crippen LogP contribution in [0.15, 0.2) is 24.3 Å². The van der Waals surface area contributed by atoms with E-state index in [4.69, 9.17) is 0 Å². The second-order valence-electron chi connectivity index (χ2n) is 5.03. The van der Waals surface area contributed by atoms with Crippen molar-refractivity contribution in [1.82, 2.24) is 10.2 Å². The molecule has 5 nitrogen and oxygen atoms in total. The van der Waals surface area contributed by atoms with E-state index in [1.165, 1.54) is 24.3 Å². The number of rotatable bonds is 3. The molecule has 13 heteroatoms. The lowest BCUT2D eigenvalue weighted by Crippen LogP contribution is -2.50. The third-order valence-electron chi connectivity index (χ3n) is 3.42. The minimum atomic E-state index is -6.54. The second kappa shape index (κ2) is 5.46. The smallest absolute Gasteiger partial charge is 0.268 e. The van der Waals surface area contributed by atoms with Gasteiger partial charge in [-0.05, 0) is 12.1 Å². The summed E-state index contributed by atoms with van der Waals surface area (Å²) in [5.74, 6) is -14.1. The summed E-state index contributed by atoms with van der Waals surface area (Å²) in [6.45, 7) is 0. The molecule has 1 aromatic heterocycles. The summed E-state index contributed by atoms with van der Waals surface area (Å²) < 4.78 is 90.1. The summed E-state index contributed by atoms with van der Waals surface area (Å²) in [4.78, 5) is 24.6. The third-order valence-corrected chi connectivity index (χ3v) is 4.40. The molecule has 0 unspecified atom stereocenters. The van der Waals surface area contributed by atoms with Crippen molar-refractivity contribution in [1.29, 1.82) is 0 Å². The van der Waals surface area contributed by atoms with Gasteiger partial charge in [-0.15, -0.1) is 10.2 Å². The number of fused-ring (bicyclic) bond motifs is 1. The molecule has 0 saturated carbocycles. The molecule has 0 aliphatic carbocycles. The molecule has 1 aliphatic heterocycles. The van der Waals surface area contributed by atoms with E-state index in [-0.39, 0.29) is 16.0 Å². The normalized spacial score (nSPS) is 15.6. The zero-order valence-electron chi connectivity index (χ0n) is 12.0. The van der Waals surface area contributed by atoms with Gasteiger partial charge in [0.05, 0.1) is 11.1 Å². The Kier molecular flexibility index (Phi) is 3.83. The third kappa shape index (κ3) is 2.37. The first kappa shape index (κ1) is 18.2. The molecule has 1 aromatic carbocycles. The monoisotopic (exact) mass is 399 g/mol. The van der Waals surface area contributed by atoms with Gasteiger partial charge in [0.1, 0.15) is 0 Å². The Hall–Kier alpha value is -2.57. The predicted molar refractivity (Wildman–Crippen MR) is 72.4 cm³/mol. The average Bonchev–Trinajstić information content (AvgIpc) is 3.11. The summed E-state index contributed by atoms with van der Waals surface area (Å²) in [5, 5.41) is 2.83. The number of halogens is 7. The van der Waals surface area contributed by atoms with Gasteiger partial charge in [0.25, 0.3) is 11.8 Å². The Morgan fingerprint density at radius 2 is 1.35 bits per heavy atom. The summed E-state index contributed by atoms with van der Waals surface area (Å²) in [6.07, 6.45) is -6.54. The van der Waals surface area contributed by atoms with Crippen molar-refractivity contribution in [2.24, 2.45) is 0 Å². The van der Waals surface area contributed by atoms with Crippen LogP contribution < -0.4 is 4.90 Å². The van der Waals surface area contributed by atoms with Crippen LogP contribution in [0, 0.1) is 0 Å². The standard InChI is InChI=1S/C13H4F7N3O2S/c14-11(15,12(16,17)13(18,19)20)9-21-22-10(26-9)23-7(24)5-3-1-2-4-6(5)8(23)25/h1-4H. The van der Waals surface area contributed by atoms with Gasteiger partial charge in [-0.25, -0.2) is 4.90 Å². The molecule has 2 amide bonds. The summed E-state index contributed by atoms with van der Waals surface area (Å²) in [5.41, 5.74) is -0.191. The number of anilines is 1. The molecule has 26 heavy (non-hydrogen) atoms. The Balaban J connectivity index is 2.00. The van der Waals surface area contributed by atoms with Gasteiger partial charge in [0.15, 0.2) is 5.01 Å². The highest BCUT2D eigenvalue weighted by atomic mass is 32.1. The zero-order valence-corrected chi connectivity index (χ0v) is 12.8. The fourth-order valence-corrected chi connectivity index (χ4v) is 2.96. The fourth-order valence-electron chi connectivity index (χ4n) is 2.11. The molecule has 0 atom stereocenters. The van der Waals surface area contributed by atoms with E-state index >= 15 is 0 Å². The molecule has 2 aromatic rings. The number of hydrogen-bond donors (Lipinski definition) is 0. The van der Waals surface area contributed by atoms with Crippen molar-refractivity contribution >= 4 is 28.3 Å². The molecule has 1 aliphatic rings. The van der Waals surface area contributed by atoms with Crippen LogP contribution in [-0.4, -0.2) is 34.1 Å². The molecule has 0 bridgehead atoms. The first-order chi connectivity index (χ1) is 11.9. The van der Waals surface area contributed by atoms with Crippen LogP contribution in [0.25, 0.3) is 0 Å². The number of benzene rings is 1. The fraction of sp³-hybridized carbons (Fsp3) is 0.231. The van der Waals surface area contributed by atoms with Crippen LogP contribution in [0.2, 0.25) is 0 Å². The lowest BCUT2D eigenvalue weighted by Gasteiger charge is -2.26. The van der Waals surface area contributed by atoms with Crippen LogP contribution in [-0.2, 0) is 5.92 Å². The van der Waals surface area contributed by atoms with Gasteiger partial charge in [-0.1, -0.05) is 23.5 Å². The van der Waals surface area contributed by atoms with Crippen LogP contribution in [0.1, 0.15) is 25.7 Å². The molecule has 0 spiro atoms. The SMILES string of the molecule is O=C1c2ccccc2C(=O)N1c1nnc(C(F)(F)C(F)(F)C(F)(F)F)s1. The van der Waals surface area contributed by atoms with Crippen molar-refractivity contribution < 1.29 is 40.3 Å². The van der Waals surface area contributed by atoms with Gasteiger partial charge in [-0.3, -0.25) is 9.59 Å². The number of carbonyl (C=O) groups is 2. The van der Waals surface area contributed by atoms with Gasteiger partial charge >= 0.3 is 18.0 Å². The van der Waals surface area contributed by atoms with E-state index in [0.717, 1.165) is 0 Å². The van der Waals surface area contributed by atoms with Gasteiger partial charge in [0.2, 0.25) is 5.13 Å². The molecule has 3 rings (SSSR count). The number of aromatic nitrogens is 2. The van der Waals surface area contributed by atoms with Crippen molar-refractivity contribution in [2.75, 3.05) is 4.90 Å². The number of amides is 2. The quantitative estimate of drug-likeness (QED) is 0.584. The minimum Gasteiger partial charge on any atom is -0.268 e. The maximum atomic E-state index is 13.6. The molecular formula is C13H4F7N3O2S. The molecule has 138 valence electrons. The minimum absolute atomic E-state index is 0.0957. The highest BCUT2D eigenvalue weighted by Crippen LogP contribution is 2.52. The highest BCUT2D eigenvalue weighted by Gasteiger charge is 2.75. The Morgan fingerprint density at radius 3 is 1.81 bits per heavy atom. The summed E-state index contributed by atoms with van der Waals surface area (Å²) >= 11 is -0.410. The van der Waals surface area contributed by atoms with Gasteiger partial charge in [0, 0.05) is 0 Å². The number of hydrogen-bond acceptors (Lipinski definition) is 5. The van der Waals surface area contributed by atoms with Crippen molar-refractivity contribution in [3.8, 4) is 0 Å². The van der Waals surface area contributed by atoms with Crippen molar-refractivity contribution in [3.05, 3.63) is 40.4 Å². The van der Waals surface area contributed by atoms with Crippen molar-refractivity contribution in [3.63, 3.8) is 0 Å². The maximum absolute atomic E-state index is 13.6. The van der Waals surface area contributed by atoms with E-state index in [1.54, 1.807) is 0 Å². The molecule has 0 saturated heterocycles. The van der Waals surface area contributed by atoms with E-state index in [0.29, 0.717) is 0 Å². The largest absolute Gasteiger partial charge is 0.460 e. The Bertz CT molecular complexity index is 874. The van der Waals surface area contributed by atoms with Gasteiger partial charge < -0.3 is 0 Å². The van der Waals surface area contributed by atoms with Crippen LogP contribution in [0.5, 0.6) is 0 Å². The van der Waals surface area contributed by atoms with Crippen LogP contribution >= 0.6 is 11.3 Å². The Morgan fingerprint density at radius 1 is 0.846 bits per heavy atom. The zero-order chi connectivity index (χ0) is 19.5.